The fourth-order valence-electron chi connectivity index (χ4n) is 6.40. The summed E-state index contributed by atoms with van der Waals surface area (Å²) in [6.07, 6.45) is 12.0. The Morgan fingerprint density at radius 1 is 1.28 bits per heavy atom. The molecule has 6 nitrogen and oxygen atoms in total. The highest BCUT2D eigenvalue weighted by atomic mass is 16.3. The summed E-state index contributed by atoms with van der Waals surface area (Å²) in [4.78, 5) is 19.6. The summed E-state index contributed by atoms with van der Waals surface area (Å²) in [5.41, 5.74) is 3.25. The Balaban J connectivity index is 1.41. The van der Waals surface area contributed by atoms with Gasteiger partial charge in [-0.3, -0.25) is 9.78 Å². The molecule has 3 unspecified atom stereocenters. The molecule has 5 atom stereocenters. The highest BCUT2D eigenvalue weighted by Gasteiger charge is 2.54. The zero-order valence-electron chi connectivity index (χ0n) is 17.4. The average molecular weight is 397 g/mol. The van der Waals surface area contributed by atoms with Crippen molar-refractivity contribution in [3.63, 3.8) is 0 Å². The van der Waals surface area contributed by atoms with Crippen LogP contribution in [0, 0.1) is 17.8 Å². The lowest BCUT2D eigenvalue weighted by Gasteiger charge is -2.58. The smallest absolute Gasteiger partial charge is 0.255 e. The molecule has 5 aliphatic rings. The number of nitrogens with zero attached hydrogens (tertiary/aromatic N) is 2. The molecule has 0 radical (unpaired) electrons. The van der Waals surface area contributed by atoms with E-state index >= 15 is 0 Å². The van der Waals surface area contributed by atoms with Crippen LogP contribution in [0.4, 0.5) is 5.69 Å². The van der Waals surface area contributed by atoms with Gasteiger partial charge in [0.1, 0.15) is 0 Å². The minimum Gasteiger partial charge on any atom is -0.390 e. The Morgan fingerprint density at radius 2 is 2.03 bits per heavy atom. The molecule has 6 rings (SSSR count). The maximum Gasteiger partial charge on any atom is 0.255 e. The van der Waals surface area contributed by atoms with Crippen molar-refractivity contribution in [3.8, 4) is 0 Å². The summed E-state index contributed by atoms with van der Waals surface area (Å²) in [6.45, 7) is 1.42. The standard InChI is InChI=1S/C23H32N4O2/c1-27(2)7-6-24-22(28)18-13-25-19-5-3-4-17(19)21(18)26-20-15-8-14-9-16(20)12-23(29,10-14)11-15/h3-4,13-16,20,29H,5-12H2,1-2H3,(H,24,28)(H,25,26)/t14?,15-,16+,20?,23?. The van der Waals surface area contributed by atoms with Crippen molar-refractivity contribution < 1.29 is 9.90 Å². The second kappa shape index (κ2) is 7.10. The minimum absolute atomic E-state index is 0.0626. The highest BCUT2D eigenvalue weighted by molar-refractivity contribution is 6.01. The zero-order valence-corrected chi connectivity index (χ0v) is 17.4. The van der Waals surface area contributed by atoms with E-state index in [0.717, 1.165) is 49.2 Å². The second-order valence-corrected chi connectivity index (χ2v) is 9.94. The van der Waals surface area contributed by atoms with Crippen LogP contribution < -0.4 is 10.6 Å². The number of pyridine rings is 1. The number of fused-ring (bicyclic) bond motifs is 1. The molecule has 156 valence electrons. The lowest BCUT2D eigenvalue weighted by molar-refractivity contribution is -0.129. The molecular formula is C23H32N4O2. The number of carbonyl (C=O) groups excluding carboxylic acids is 1. The number of aliphatic hydroxyl groups is 1. The fourth-order valence-corrected chi connectivity index (χ4v) is 6.40. The van der Waals surface area contributed by atoms with Crippen LogP contribution in [0.2, 0.25) is 0 Å². The van der Waals surface area contributed by atoms with Crippen LogP contribution in [0.3, 0.4) is 0 Å². The molecule has 5 aliphatic carbocycles. The van der Waals surface area contributed by atoms with Gasteiger partial charge in [-0.25, -0.2) is 0 Å². The number of aromatic nitrogens is 1. The van der Waals surface area contributed by atoms with Gasteiger partial charge in [0, 0.05) is 37.3 Å². The molecule has 6 heteroatoms. The van der Waals surface area contributed by atoms with Crippen molar-refractivity contribution in [1.29, 1.82) is 0 Å². The van der Waals surface area contributed by atoms with Gasteiger partial charge in [-0.1, -0.05) is 12.2 Å². The average Bonchev–Trinajstić information content (AvgIpc) is 3.12. The Hall–Kier alpha value is -1.92. The van der Waals surface area contributed by atoms with Gasteiger partial charge >= 0.3 is 0 Å². The van der Waals surface area contributed by atoms with E-state index < -0.39 is 5.60 Å². The molecule has 0 aliphatic heterocycles. The number of hydrogen-bond donors (Lipinski definition) is 3. The first-order chi connectivity index (χ1) is 13.9. The van der Waals surface area contributed by atoms with Crippen LogP contribution in [-0.4, -0.2) is 59.7 Å². The number of likely N-dealkylation sites (N-methyl/N-ethyl adjacent to an activating group) is 1. The molecule has 0 saturated heterocycles. The normalized spacial score (nSPS) is 33.9. The third-order valence-corrected chi connectivity index (χ3v) is 7.44. The number of nitrogens with one attached hydrogen (secondary N) is 2. The number of allylic oxidation sites excluding steroid dienone is 1. The summed E-state index contributed by atoms with van der Waals surface area (Å²) >= 11 is 0. The second-order valence-electron chi connectivity index (χ2n) is 9.94. The SMILES string of the molecule is CN(C)CCNC(=O)c1cnc2c(c1NC1[C@@H]3CC4C[C@H]1CC(O)(C4)C3)C=CC2. The van der Waals surface area contributed by atoms with E-state index in [1.165, 1.54) is 12.8 Å². The monoisotopic (exact) mass is 396 g/mol. The van der Waals surface area contributed by atoms with Gasteiger partial charge < -0.3 is 20.6 Å². The van der Waals surface area contributed by atoms with Crippen molar-refractivity contribution in [2.75, 3.05) is 32.5 Å². The van der Waals surface area contributed by atoms with Gasteiger partial charge in [0.05, 0.1) is 22.5 Å². The highest BCUT2D eigenvalue weighted by Crippen LogP contribution is 2.56. The molecule has 1 aromatic heterocycles. The van der Waals surface area contributed by atoms with Crippen molar-refractivity contribution >= 4 is 17.7 Å². The summed E-state index contributed by atoms with van der Waals surface area (Å²) in [5, 5.41) is 17.8. The van der Waals surface area contributed by atoms with Crippen LogP contribution in [0.1, 0.15) is 53.7 Å². The predicted octanol–water partition coefficient (Wildman–Crippen LogP) is 2.29. The third-order valence-electron chi connectivity index (χ3n) is 7.44. The number of rotatable bonds is 6. The third kappa shape index (κ3) is 3.46. The van der Waals surface area contributed by atoms with Crippen molar-refractivity contribution in [3.05, 3.63) is 29.1 Å². The molecule has 1 aromatic rings. The topological polar surface area (TPSA) is 77.5 Å². The molecule has 3 N–H and O–H groups in total. The van der Waals surface area contributed by atoms with Gasteiger partial charge in [0.15, 0.2) is 0 Å². The van der Waals surface area contributed by atoms with Crippen molar-refractivity contribution in [2.24, 2.45) is 17.8 Å². The van der Waals surface area contributed by atoms with E-state index in [-0.39, 0.29) is 5.91 Å². The maximum atomic E-state index is 13.0. The number of carbonyl (C=O) groups is 1. The fraction of sp³-hybridized carbons (Fsp3) is 0.652. The largest absolute Gasteiger partial charge is 0.390 e. The molecular weight excluding hydrogens is 364 g/mol. The first kappa shape index (κ1) is 19.1. The molecule has 4 bridgehead atoms. The Kier molecular flexibility index (Phi) is 4.67. The Labute approximate surface area is 172 Å². The Morgan fingerprint density at radius 3 is 2.72 bits per heavy atom. The van der Waals surface area contributed by atoms with Crippen molar-refractivity contribution in [1.82, 2.24) is 15.2 Å². The summed E-state index contributed by atoms with van der Waals surface area (Å²) < 4.78 is 0. The van der Waals surface area contributed by atoms with E-state index in [4.69, 9.17) is 0 Å². The van der Waals surface area contributed by atoms with E-state index in [9.17, 15) is 9.90 Å². The van der Waals surface area contributed by atoms with Gasteiger partial charge in [0.2, 0.25) is 0 Å². The van der Waals surface area contributed by atoms with Crippen LogP contribution in [0.15, 0.2) is 12.3 Å². The zero-order chi connectivity index (χ0) is 20.2. The number of amides is 1. The van der Waals surface area contributed by atoms with E-state index in [1.54, 1.807) is 6.20 Å². The molecule has 4 fully saturated rings. The molecule has 29 heavy (non-hydrogen) atoms. The molecule has 1 heterocycles. The summed E-state index contributed by atoms with van der Waals surface area (Å²) in [7, 11) is 4.00. The lowest BCUT2D eigenvalue weighted by atomic mass is 9.52. The lowest BCUT2D eigenvalue weighted by Crippen LogP contribution is -2.59. The molecule has 1 amide bonds. The van der Waals surface area contributed by atoms with Gasteiger partial charge in [0.25, 0.3) is 5.91 Å². The predicted molar refractivity (Wildman–Crippen MR) is 114 cm³/mol. The van der Waals surface area contributed by atoms with Crippen LogP contribution >= 0.6 is 0 Å². The number of anilines is 1. The number of hydrogen-bond acceptors (Lipinski definition) is 5. The van der Waals surface area contributed by atoms with E-state index in [1.807, 2.05) is 14.1 Å². The Bertz CT molecular complexity index is 834. The van der Waals surface area contributed by atoms with Gasteiger partial charge in [-0.15, -0.1) is 0 Å². The minimum atomic E-state index is -0.443. The maximum absolute atomic E-state index is 13.0. The molecule has 0 aromatic carbocycles. The first-order valence-corrected chi connectivity index (χ1v) is 11.0. The van der Waals surface area contributed by atoms with Crippen molar-refractivity contribution in [2.45, 2.75) is 50.2 Å². The van der Waals surface area contributed by atoms with Crippen LogP contribution in [-0.2, 0) is 6.42 Å². The van der Waals surface area contributed by atoms with Gasteiger partial charge in [-0.2, -0.15) is 0 Å². The van der Waals surface area contributed by atoms with E-state index in [2.05, 4.69) is 32.7 Å². The van der Waals surface area contributed by atoms with Crippen LogP contribution in [0.5, 0.6) is 0 Å². The summed E-state index contributed by atoms with van der Waals surface area (Å²) in [6, 6.07) is 0.334. The quantitative estimate of drug-likeness (QED) is 0.688. The van der Waals surface area contributed by atoms with E-state index in [0.29, 0.717) is 35.9 Å². The molecule has 0 spiro atoms. The van der Waals surface area contributed by atoms with Crippen LogP contribution in [0.25, 0.3) is 6.08 Å². The molecule has 4 saturated carbocycles. The van der Waals surface area contributed by atoms with Gasteiger partial charge in [-0.05, 0) is 64.0 Å². The summed E-state index contributed by atoms with van der Waals surface area (Å²) in [5.74, 6) is 1.59. The first-order valence-electron chi connectivity index (χ1n) is 11.0.